The van der Waals surface area contributed by atoms with Gasteiger partial charge >= 0.3 is 13.6 Å². The van der Waals surface area contributed by atoms with Crippen LogP contribution < -0.4 is 17.0 Å². The minimum absolute atomic E-state index is 0.0643. The molecule has 0 bridgehead atoms. The van der Waals surface area contributed by atoms with E-state index in [4.69, 9.17) is 39.0 Å². The Bertz CT molecular complexity index is 2060. The van der Waals surface area contributed by atoms with Crippen molar-refractivity contribution in [2.24, 2.45) is 0 Å². The van der Waals surface area contributed by atoms with Gasteiger partial charge in [0.1, 0.15) is 37.0 Å². The molecule has 46 heavy (non-hydrogen) atoms. The van der Waals surface area contributed by atoms with Gasteiger partial charge in [0.2, 0.25) is 12.2 Å². The number of aromatic nitrogens is 8. The Labute approximate surface area is 266 Å². The summed E-state index contributed by atoms with van der Waals surface area (Å²) >= 11 is 8.06. The lowest BCUT2D eigenvalue weighted by molar-refractivity contribution is -0.0678. The number of thiol groups is 2. The van der Waals surface area contributed by atoms with Crippen LogP contribution in [0.15, 0.2) is 35.3 Å². The summed E-state index contributed by atoms with van der Waals surface area (Å²) in [6.07, 6.45) is -7.66. The molecule has 3 aliphatic rings. The summed E-state index contributed by atoms with van der Waals surface area (Å²) in [6.45, 7) is -8.31. The monoisotopic (exact) mass is 720 g/mol. The first kappa shape index (κ1) is 31.3. The highest BCUT2D eigenvalue weighted by molar-refractivity contribution is 8.44. The van der Waals surface area contributed by atoms with E-state index in [-0.39, 0.29) is 39.9 Å². The minimum atomic E-state index is -4.46. The van der Waals surface area contributed by atoms with Gasteiger partial charge in [-0.15, -0.1) is 0 Å². The van der Waals surface area contributed by atoms with Crippen molar-refractivity contribution in [3.05, 3.63) is 40.9 Å². The highest BCUT2D eigenvalue weighted by Crippen LogP contribution is 2.62. The number of anilines is 2. The van der Waals surface area contributed by atoms with E-state index in [1.165, 1.54) is 24.1 Å². The van der Waals surface area contributed by atoms with Crippen molar-refractivity contribution < 1.29 is 46.2 Å². The summed E-state index contributed by atoms with van der Waals surface area (Å²) in [4.78, 5) is 34.6. The molecule has 1 saturated heterocycles. The molecular formula is C21H23FN10O10P2S2. The van der Waals surface area contributed by atoms with Gasteiger partial charge in [-0.2, -0.15) is 4.98 Å². The average Bonchev–Trinajstić information content (AvgIpc) is 3.73. The van der Waals surface area contributed by atoms with Crippen LogP contribution in [-0.2, 0) is 36.7 Å². The van der Waals surface area contributed by atoms with Crippen molar-refractivity contribution in [1.82, 2.24) is 39.0 Å². The number of nitrogen functional groups attached to an aromatic ring is 2. The van der Waals surface area contributed by atoms with Crippen molar-refractivity contribution in [1.29, 1.82) is 0 Å². The number of aromatic amines is 1. The fourth-order valence-electron chi connectivity index (χ4n) is 5.28. The van der Waals surface area contributed by atoms with Crippen LogP contribution in [0.1, 0.15) is 19.4 Å². The van der Waals surface area contributed by atoms with Crippen molar-refractivity contribution in [2.45, 2.75) is 50.0 Å². The van der Waals surface area contributed by atoms with Crippen molar-refractivity contribution in [3.8, 4) is 0 Å². The normalized spacial score (nSPS) is 35.3. The van der Waals surface area contributed by atoms with E-state index in [2.05, 4.69) is 54.4 Å². The zero-order valence-corrected chi connectivity index (χ0v) is 26.6. The first-order valence-corrected chi connectivity index (χ1v) is 18.5. The number of aliphatic hydroxyl groups is 1. The van der Waals surface area contributed by atoms with Gasteiger partial charge < -0.3 is 30.6 Å². The number of aliphatic hydroxyl groups excluding tert-OH is 1. The summed E-state index contributed by atoms with van der Waals surface area (Å²) in [5, 5.41) is 11.2. The third-order valence-corrected chi connectivity index (χ3v) is 10.4. The van der Waals surface area contributed by atoms with Crippen LogP contribution in [0.2, 0.25) is 0 Å². The first-order chi connectivity index (χ1) is 21.7. The fraction of sp³-hybridized carbons (Fsp3) is 0.429. The molecule has 25 heteroatoms. The maximum Gasteiger partial charge on any atom is 0.437 e. The third kappa shape index (κ3) is 5.34. The van der Waals surface area contributed by atoms with E-state index in [1.54, 1.807) is 0 Å². The number of nitrogens with two attached hydrogens (primary N) is 2. The average molecular weight is 721 g/mol. The second-order valence-electron chi connectivity index (χ2n) is 10.2. The molecular weight excluding hydrogens is 697 g/mol. The molecule has 0 aliphatic carbocycles. The van der Waals surface area contributed by atoms with Gasteiger partial charge in [0.25, 0.3) is 5.56 Å². The molecule has 0 amide bonds. The van der Waals surface area contributed by atoms with Crippen LogP contribution in [0.4, 0.5) is 16.2 Å². The molecule has 0 radical (unpaired) electrons. The van der Waals surface area contributed by atoms with E-state index in [9.17, 15) is 19.0 Å². The van der Waals surface area contributed by atoms with Gasteiger partial charge in [-0.05, 0) is 19.2 Å². The lowest BCUT2D eigenvalue weighted by Gasteiger charge is -2.29. The molecule has 0 saturated carbocycles. The molecule has 7 rings (SSSR count). The molecule has 4 aromatic heterocycles. The zero-order chi connectivity index (χ0) is 32.7. The van der Waals surface area contributed by atoms with E-state index >= 15 is 4.39 Å². The lowest BCUT2D eigenvalue weighted by atomic mass is 10.1. The van der Waals surface area contributed by atoms with Gasteiger partial charge in [0, 0.05) is 0 Å². The topological polar surface area (TPSA) is 269 Å². The molecule has 6 N–H and O–H groups in total. The predicted molar refractivity (Wildman–Crippen MR) is 160 cm³/mol. The SMILES string of the molecule is C[C@H]1O[P@@](=O)(S)OC2=C(CO[P@@](=O)(S)O[C@H]3[C@@H](F)[C@H](n4cnc5c(=O)[nH]c(N)nc54)O[C@@H]31)O[C@@H](n1cnc3c(N)ncnc31)[C@@H]2O. The maximum atomic E-state index is 16.2. The number of fused-ring (bicyclic) bond motifs is 3. The molecule has 0 unspecified atom stereocenters. The molecule has 7 heterocycles. The highest BCUT2D eigenvalue weighted by Gasteiger charge is 2.54. The van der Waals surface area contributed by atoms with Crippen LogP contribution in [0.5, 0.6) is 0 Å². The van der Waals surface area contributed by atoms with Gasteiger partial charge in [-0.1, -0.05) is 12.2 Å². The molecule has 4 aromatic rings. The standard InChI is InChI=1S/C21H23FN10O10P2S2/c1-6-12-14(8(22)19(39-12)32-5-28-10-17(32)29-21(24)30-18(10)34)42-43(35,45)37-2-7-13(41-44(36,46)40-6)11(33)20(38-7)31-4-27-9-15(23)25-3-26-16(9)31/h3-6,8,11-12,14,19-20,33H,2H2,1H3,(H,35,45)(H,36,46)(H2,23,25,26)(H3,24,29,30,34)/t6-,8-,11-,12-,14+,19-,20-,43-,44-/m1/s1. The molecule has 1 fully saturated rings. The molecule has 3 aliphatic heterocycles. The van der Waals surface area contributed by atoms with Crippen LogP contribution in [0.25, 0.3) is 22.3 Å². The van der Waals surface area contributed by atoms with Crippen LogP contribution in [0, 0.1) is 0 Å². The fourth-order valence-corrected chi connectivity index (χ4v) is 8.42. The van der Waals surface area contributed by atoms with Crippen LogP contribution in [-0.4, -0.2) is 81.3 Å². The molecule has 0 aromatic carbocycles. The Hall–Kier alpha value is -3.27. The number of H-pyrrole nitrogens is 1. The number of imidazole rings is 2. The van der Waals surface area contributed by atoms with Crippen molar-refractivity contribution in [2.75, 3.05) is 18.1 Å². The maximum absolute atomic E-state index is 16.2. The largest absolute Gasteiger partial charge is 0.465 e. The van der Waals surface area contributed by atoms with E-state index < -0.39 is 74.6 Å². The second kappa shape index (κ2) is 11.2. The number of hydrogen-bond acceptors (Lipinski definition) is 17. The van der Waals surface area contributed by atoms with Gasteiger partial charge in [0.05, 0.1) is 12.4 Å². The number of ether oxygens (including phenoxy) is 2. The highest BCUT2D eigenvalue weighted by atomic mass is 32.7. The van der Waals surface area contributed by atoms with Crippen LogP contribution >= 0.6 is 38.1 Å². The smallest absolute Gasteiger partial charge is 0.437 e. The summed E-state index contributed by atoms with van der Waals surface area (Å²) < 4.78 is 79.4. The minimum Gasteiger partial charge on any atom is -0.465 e. The Morgan fingerprint density at radius 1 is 1.02 bits per heavy atom. The number of hydrogen-bond donors (Lipinski definition) is 6. The number of nitrogens with one attached hydrogen (secondary N) is 1. The Balaban J connectivity index is 1.20. The van der Waals surface area contributed by atoms with Gasteiger partial charge in [-0.25, -0.2) is 33.5 Å². The molecule has 246 valence electrons. The Kier molecular flexibility index (Phi) is 7.61. The van der Waals surface area contributed by atoms with E-state index in [1.807, 2.05) is 0 Å². The van der Waals surface area contributed by atoms with E-state index in [0.717, 1.165) is 10.9 Å². The summed E-state index contributed by atoms with van der Waals surface area (Å²) in [5.41, 5.74) is 11.0. The quantitative estimate of drug-likeness (QED) is 0.126. The predicted octanol–water partition coefficient (Wildman–Crippen LogP) is 1.37. The van der Waals surface area contributed by atoms with Gasteiger partial charge in [0.15, 0.2) is 52.7 Å². The van der Waals surface area contributed by atoms with Crippen molar-refractivity contribution >= 4 is 72.2 Å². The summed E-state index contributed by atoms with van der Waals surface area (Å²) in [6, 6.07) is 0. The molecule has 9 atom stereocenters. The second-order valence-corrected chi connectivity index (χ2v) is 15.9. The summed E-state index contributed by atoms with van der Waals surface area (Å²) in [5.74, 6) is -0.941. The Morgan fingerprint density at radius 2 is 1.74 bits per heavy atom. The summed E-state index contributed by atoms with van der Waals surface area (Å²) in [7, 11) is 0. The zero-order valence-electron chi connectivity index (χ0n) is 23.1. The van der Waals surface area contributed by atoms with E-state index in [0.29, 0.717) is 0 Å². The third-order valence-electron chi connectivity index (χ3n) is 7.26. The molecule has 20 nitrogen and oxygen atoms in total. The first-order valence-electron chi connectivity index (χ1n) is 13.1. The number of rotatable bonds is 2. The lowest BCUT2D eigenvalue weighted by Crippen LogP contribution is -2.38. The number of alkyl halides is 1. The van der Waals surface area contributed by atoms with Crippen LogP contribution in [0.3, 0.4) is 0 Å². The molecule has 0 spiro atoms. The van der Waals surface area contributed by atoms with Gasteiger partial charge in [-0.3, -0.25) is 32.5 Å². The van der Waals surface area contributed by atoms with Crippen molar-refractivity contribution in [3.63, 3.8) is 0 Å². The number of halogens is 1. The Morgan fingerprint density at radius 3 is 2.50 bits per heavy atom. The number of nitrogens with zero attached hydrogens (tertiary/aromatic N) is 7.